The molecule has 11 heteroatoms. The predicted octanol–water partition coefficient (Wildman–Crippen LogP) is 6.20. The highest BCUT2D eigenvalue weighted by Gasteiger charge is 2.06. The summed E-state index contributed by atoms with van der Waals surface area (Å²) >= 11 is 12.4. The van der Waals surface area contributed by atoms with E-state index in [2.05, 4.69) is 21.1 Å². The van der Waals surface area contributed by atoms with Crippen LogP contribution in [0.1, 0.15) is 12.6 Å². The summed E-state index contributed by atoms with van der Waals surface area (Å²) in [5, 5.41) is 20.3. The molecular formula is C27H24Cl2N2O7. The van der Waals surface area contributed by atoms with Crippen LogP contribution in [0.4, 0.5) is 11.4 Å². The summed E-state index contributed by atoms with van der Waals surface area (Å²) in [4.78, 5) is 32.4. The van der Waals surface area contributed by atoms with Gasteiger partial charge in [-0.15, -0.1) is 0 Å². The van der Waals surface area contributed by atoms with E-state index < -0.39 is 11.9 Å². The molecule has 0 saturated carbocycles. The van der Waals surface area contributed by atoms with Crippen LogP contribution in [0.2, 0.25) is 10.0 Å². The minimum absolute atomic E-state index is 0.245. The number of carboxylic acids is 2. The van der Waals surface area contributed by atoms with Crippen molar-refractivity contribution in [2.45, 2.75) is 13.5 Å². The first-order valence-corrected chi connectivity index (χ1v) is 11.7. The number of para-hydroxylation sites is 2. The van der Waals surface area contributed by atoms with Crippen molar-refractivity contribution < 1.29 is 34.1 Å². The highest BCUT2D eigenvalue weighted by molar-refractivity contribution is 6.39. The topological polar surface area (TPSA) is 135 Å². The summed E-state index contributed by atoms with van der Waals surface area (Å²) in [6.07, 6.45) is 0. The van der Waals surface area contributed by atoms with E-state index in [1.165, 1.54) is 14.0 Å². The number of nitrogens with one attached hydrogen (secondary N) is 1. The smallest absolute Gasteiger partial charge is 0.414 e. The van der Waals surface area contributed by atoms with Crippen molar-refractivity contribution in [3.8, 4) is 5.75 Å². The average Bonchev–Trinajstić information content (AvgIpc) is 2.91. The maximum atomic E-state index is 9.59. The molecule has 0 radical (unpaired) electrons. The number of rotatable bonds is 5. The number of aliphatic carboxylic acids is 2. The number of halogens is 2. The van der Waals surface area contributed by atoms with Crippen LogP contribution in [0.25, 0.3) is 10.9 Å². The Kier molecular flexibility index (Phi) is 11.8. The van der Waals surface area contributed by atoms with Crippen LogP contribution in [-0.4, -0.2) is 40.2 Å². The lowest BCUT2D eigenvalue weighted by molar-refractivity contribution is -0.159. The van der Waals surface area contributed by atoms with Gasteiger partial charge in [0.2, 0.25) is 0 Å². The van der Waals surface area contributed by atoms with Crippen LogP contribution < -0.4 is 10.1 Å². The van der Waals surface area contributed by atoms with Crippen LogP contribution in [0, 0.1) is 0 Å². The lowest BCUT2D eigenvalue weighted by atomic mass is 10.2. The maximum absolute atomic E-state index is 9.59. The zero-order chi connectivity index (χ0) is 28.1. The van der Waals surface area contributed by atoms with Crippen molar-refractivity contribution in [3.05, 3.63) is 94.6 Å². The van der Waals surface area contributed by atoms with Crippen molar-refractivity contribution in [3.63, 3.8) is 0 Å². The molecule has 0 unspecified atom stereocenters. The number of methoxy groups -OCH3 is 1. The largest absolute Gasteiger partial charge is 0.487 e. The van der Waals surface area contributed by atoms with Gasteiger partial charge in [0.25, 0.3) is 0 Å². The molecule has 198 valence electrons. The fourth-order valence-corrected chi connectivity index (χ4v) is 3.23. The molecule has 9 nitrogen and oxygen atoms in total. The van der Waals surface area contributed by atoms with E-state index in [4.69, 9.17) is 47.7 Å². The molecule has 0 bridgehead atoms. The molecular weight excluding hydrogens is 535 g/mol. The number of carbonyl (C=O) groups excluding carboxylic acids is 1. The molecule has 0 aliphatic heterocycles. The van der Waals surface area contributed by atoms with Gasteiger partial charge in [-0.2, -0.15) is 0 Å². The molecule has 3 aromatic carbocycles. The fourth-order valence-electron chi connectivity index (χ4n) is 2.74. The maximum Gasteiger partial charge on any atom is 0.414 e. The Labute approximate surface area is 228 Å². The lowest BCUT2D eigenvalue weighted by Gasteiger charge is -2.11. The second-order valence-corrected chi connectivity index (χ2v) is 8.15. The zero-order valence-electron chi connectivity index (χ0n) is 20.4. The van der Waals surface area contributed by atoms with Crippen molar-refractivity contribution in [2.75, 3.05) is 12.4 Å². The molecule has 1 heterocycles. The number of hydrogen-bond donors (Lipinski definition) is 3. The Morgan fingerprint density at radius 1 is 0.842 bits per heavy atom. The van der Waals surface area contributed by atoms with Gasteiger partial charge in [0.05, 0.1) is 34.1 Å². The van der Waals surface area contributed by atoms with Crippen molar-refractivity contribution in [1.82, 2.24) is 4.98 Å². The van der Waals surface area contributed by atoms with Crippen LogP contribution in [0.3, 0.4) is 0 Å². The molecule has 4 rings (SSSR count). The molecule has 1 aromatic heterocycles. The first-order chi connectivity index (χ1) is 18.1. The molecule has 0 aliphatic carbocycles. The Hall–Kier alpha value is -4.34. The number of nitrogens with zero attached hydrogens (tertiary/aromatic N) is 1. The number of benzene rings is 3. The van der Waals surface area contributed by atoms with E-state index in [-0.39, 0.29) is 5.97 Å². The number of anilines is 2. The Balaban J connectivity index is 0.000000391. The third-order valence-corrected chi connectivity index (χ3v) is 5.23. The van der Waals surface area contributed by atoms with E-state index in [1.54, 1.807) is 12.1 Å². The van der Waals surface area contributed by atoms with Gasteiger partial charge in [-0.3, -0.25) is 4.79 Å². The molecule has 0 spiro atoms. The standard InChI is InChI=1S/C22H16Cl2N2O.C3H6O2.C2H2O4/c23-19-5-3-6-20(24)22(19)26-16-10-12-18(13-11-16)27-14-17-9-8-15-4-1-2-7-21(15)25-17;1-3(4)5-2;3-1(4)2(5)6/h1-13,26H,14H2;1-2H3;(H,3,4)(H,5,6). The summed E-state index contributed by atoms with van der Waals surface area (Å²) in [5.74, 6) is -3.13. The van der Waals surface area contributed by atoms with E-state index in [0.29, 0.717) is 22.3 Å². The van der Waals surface area contributed by atoms with Crippen LogP contribution in [0.5, 0.6) is 5.75 Å². The average molecular weight is 559 g/mol. The minimum Gasteiger partial charge on any atom is -0.487 e. The van der Waals surface area contributed by atoms with Crippen molar-refractivity contribution in [2.24, 2.45) is 0 Å². The Bertz CT molecular complexity index is 1360. The van der Waals surface area contributed by atoms with Gasteiger partial charge in [-0.1, -0.05) is 53.5 Å². The van der Waals surface area contributed by atoms with Crippen LogP contribution in [0.15, 0.2) is 78.9 Å². The number of carboxylic acid groups (broad SMARTS) is 2. The van der Waals surface area contributed by atoms with Gasteiger partial charge in [0.1, 0.15) is 12.4 Å². The van der Waals surface area contributed by atoms with E-state index in [1.807, 2.05) is 60.7 Å². The van der Waals surface area contributed by atoms with Crippen molar-refractivity contribution in [1.29, 1.82) is 0 Å². The summed E-state index contributed by atoms with van der Waals surface area (Å²) in [6, 6.07) is 25.1. The van der Waals surface area contributed by atoms with Crippen LogP contribution in [-0.2, 0) is 25.7 Å². The second kappa shape index (κ2) is 15.0. The minimum atomic E-state index is -1.82. The number of aromatic nitrogens is 1. The molecule has 3 N–H and O–H groups in total. The number of pyridine rings is 1. The van der Waals surface area contributed by atoms with Gasteiger partial charge in [0, 0.05) is 18.0 Å². The summed E-state index contributed by atoms with van der Waals surface area (Å²) in [5.41, 5.74) is 3.42. The lowest BCUT2D eigenvalue weighted by Crippen LogP contribution is -2.09. The molecule has 0 aliphatic rings. The number of fused-ring (bicyclic) bond motifs is 1. The van der Waals surface area contributed by atoms with Gasteiger partial charge in [-0.25, -0.2) is 14.6 Å². The Morgan fingerprint density at radius 3 is 1.97 bits per heavy atom. The molecule has 4 aromatic rings. The third kappa shape index (κ3) is 9.96. The summed E-state index contributed by atoms with van der Waals surface area (Å²) in [6.45, 7) is 1.77. The normalized spacial score (nSPS) is 9.68. The molecule has 0 saturated heterocycles. The number of hydrogen-bond acceptors (Lipinski definition) is 7. The highest BCUT2D eigenvalue weighted by Crippen LogP contribution is 2.33. The first-order valence-electron chi connectivity index (χ1n) is 10.9. The van der Waals surface area contributed by atoms with Gasteiger partial charge < -0.3 is 25.0 Å². The fraction of sp³-hybridized carbons (Fsp3) is 0.111. The number of carbonyl (C=O) groups is 3. The SMILES string of the molecule is COC(C)=O.Clc1cccc(Cl)c1Nc1ccc(OCc2ccc3ccccc3n2)cc1.O=C(O)C(=O)O. The molecule has 0 atom stereocenters. The summed E-state index contributed by atoms with van der Waals surface area (Å²) in [7, 11) is 1.35. The Morgan fingerprint density at radius 2 is 1.42 bits per heavy atom. The van der Waals surface area contributed by atoms with Crippen LogP contribution >= 0.6 is 23.2 Å². The molecule has 38 heavy (non-hydrogen) atoms. The quantitative estimate of drug-likeness (QED) is 0.193. The van der Waals surface area contributed by atoms with Gasteiger partial charge in [0.15, 0.2) is 0 Å². The first kappa shape index (κ1) is 29.9. The number of ether oxygens (including phenoxy) is 2. The monoisotopic (exact) mass is 558 g/mol. The highest BCUT2D eigenvalue weighted by atomic mass is 35.5. The second-order valence-electron chi connectivity index (χ2n) is 7.34. The van der Waals surface area contributed by atoms with E-state index >= 15 is 0 Å². The molecule has 0 fully saturated rings. The third-order valence-electron chi connectivity index (χ3n) is 4.60. The van der Waals surface area contributed by atoms with Gasteiger partial charge >= 0.3 is 17.9 Å². The summed E-state index contributed by atoms with van der Waals surface area (Å²) < 4.78 is 9.96. The van der Waals surface area contributed by atoms with Gasteiger partial charge in [-0.05, 0) is 48.5 Å². The number of esters is 1. The predicted molar refractivity (Wildman–Crippen MR) is 145 cm³/mol. The van der Waals surface area contributed by atoms with E-state index in [9.17, 15) is 4.79 Å². The van der Waals surface area contributed by atoms with E-state index in [0.717, 1.165) is 28.0 Å². The molecule has 0 amide bonds. The zero-order valence-corrected chi connectivity index (χ0v) is 21.9. The van der Waals surface area contributed by atoms with Crippen molar-refractivity contribution >= 4 is 63.4 Å².